The Morgan fingerprint density at radius 1 is 1.38 bits per heavy atom. The first-order chi connectivity index (χ1) is 7.44. The van der Waals surface area contributed by atoms with Gasteiger partial charge in [0.1, 0.15) is 4.90 Å². The maximum absolute atomic E-state index is 12.3. The molecule has 0 amide bonds. The minimum absolute atomic E-state index is 0.373. The summed E-state index contributed by atoms with van der Waals surface area (Å²) in [5.41, 5.74) is 1.28. The fraction of sp³-hybridized carbons (Fsp3) is 0.667. The molecule has 5 nitrogen and oxygen atoms in total. The average Bonchev–Trinajstić information content (AvgIpc) is 2.76. The van der Waals surface area contributed by atoms with Gasteiger partial charge in [-0.1, -0.05) is 0 Å². The van der Waals surface area contributed by atoms with Crippen LogP contribution in [0.4, 0.5) is 0 Å². The van der Waals surface area contributed by atoms with Crippen molar-refractivity contribution in [1.82, 2.24) is 14.1 Å². The molecule has 0 saturated carbocycles. The molecule has 0 radical (unpaired) electrons. The monoisotopic (exact) mass is 261 g/mol. The molecule has 16 heavy (non-hydrogen) atoms. The Labute approximate surface area is 99.9 Å². The van der Waals surface area contributed by atoms with Crippen molar-refractivity contribution in [2.45, 2.75) is 18.7 Å². The van der Waals surface area contributed by atoms with Crippen molar-refractivity contribution in [3.8, 4) is 0 Å². The minimum Gasteiger partial charge on any atom is -0.271 e. The summed E-state index contributed by atoms with van der Waals surface area (Å²) in [4.78, 5) is 0.373. The van der Waals surface area contributed by atoms with Gasteiger partial charge in [0.05, 0.1) is 17.3 Å². The van der Waals surface area contributed by atoms with Gasteiger partial charge in [-0.15, -0.1) is 11.8 Å². The molecule has 2 heterocycles. The fourth-order valence-electron chi connectivity index (χ4n) is 1.84. The number of rotatable bonds is 2. The third kappa shape index (κ3) is 1.76. The van der Waals surface area contributed by atoms with E-state index in [9.17, 15) is 8.42 Å². The normalized spacial score (nSPS) is 18.2. The molecule has 2 rings (SSSR count). The first-order valence-electron chi connectivity index (χ1n) is 5.02. The molecule has 1 saturated heterocycles. The van der Waals surface area contributed by atoms with Gasteiger partial charge in [-0.3, -0.25) is 4.68 Å². The summed E-state index contributed by atoms with van der Waals surface area (Å²) in [6.45, 7) is 4.12. The van der Waals surface area contributed by atoms with Crippen LogP contribution in [-0.4, -0.2) is 40.7 Å². The van der Waals surface area contributed by atoms with Gasteiger partial charge < -0.3 is 0 Å². The minimum atomic E-state index is -3.35. The quantitative estimate of drug-likeness (QED) is 0.787. The van der Waals surface area contributed by atoms with Gasteiger partial charge in [-0.05, 0) is 13.8 Å². The highest BCUT2D eigenvalue weighted by molar-refractivity contribution is 8.00. The van der Waals surface area contributed by atoms with E-state index >= 15 is 0 Å². The zero-order valence-corrected chi connectivity index (χ0v) is 11.2. The Morgan fingerprint density at radius 3 is 2.50 bits per heavy atom. The topological polar surface area (TPSA) is 55.2 Å². The number of aromatic nitrogens is 2. The van der Waals surface area contributed by atoms with E-state index in [0.29, 0.717) is 28.7 Å². The van der Waals surface area contributed by atoms with E-state index in [0.717, 1.165) is 5.75 Å². The molecule has 7 heteroatoms. The fourth-order valence-corrected chi connectivity index (χ4v) is 5.06. The van der Waals surface area contributed by atoms with Gasteiger partial charge in [0.15, 0.2) is 0 Å². The van der Waals surface area contributed by atoms with Crippen molar-refractivity contribution in [3.05, 3.63) is 11.4 Å². The highest BCUT2D eigenvalue weighted by Gasteiger charge is 2.32. The third-order valence-corrected chi connectivity index (χ3v) is 5.99. The van der Waals surface area contributed by atoms with E-state index < -0.39 is 10.0 Å². The van der Waals surface area contributed by atoms with E-state index in [1.54, 1.807) is 37.3 Å². The number of hydrogen-bond acceptors (Lipinski definition) is 4. The predicted molar refractivity (Wildman–Crippen MR) is 63.9 cm³/mol. The van der Waals surface area contributed by atoms with Crippen LogP contribution in [0.15, 0.2) is 4.90 Å². The van der Waals surface area contributed by atoms with Crippen molar-refractivity contribution in [2.24, 2.45) is 7.05 Å². The Balaban J connectivity index is 2.50. The Hall–Kier alpha value is -0.530. The zero-order chi connectivity index (χ0) is 11.9. The van der Waals surface area contributed by atoms with Crippen molar-refractivity contribution in [1.29, 1.82) is 0 Å². The third-order valence-electron chi connectivity index (χ3n) is 2.76. The van der Waals surface area contributed by atoms with Crippen molar-refractivity contribution in [3.63, 3.8) is 0 Å². The molecule has 0 atom stereocenters. The summed E-state index contributed by atoms with van der Waals surface area (Å²) >= 11 is 1.64. The van der Waals surface area contributed by atoms with Crippen LogP contribution in [0, 0.1) is 13.8 Å². The van der Waals surface area contributed by atoms with Gasteiger partial charge in [-0.25, -0.2) is 8.42 Å². The van der Waals surface area contributed by atoms with E-state index in [1.807, 2.05) is 0 Å². The number of hydrogen-bond donors (Lipinski definition) is 0. The standard InChI is InChI=1S/C9H15N3O2S2/c1-7-9(8(2)11(3)10-7)16(13,14)12-4-5-15-6-12/h4-6H2,1-3H3. The van der Waals surface area contributed by atoms with Gasteiger partial charge in [0, 0.05) is 19.3 Å². The second-order valence-electron chi connectivity index (χ2n) is 3.84. The van der Waals surface area contributed by atoms with Gasteiger partial charge in [0.2, 0.25) is 10.0 Å². The molecule has 0 aliphatic carbocycles. The lowest BCUT2D eigenvalue weighted by Gasteiger charge is -2.14. The molecular formula is C9H15N3O2S2. The van der Waals surface area contributed by atoms with Crippen LogP contribution in [0.1, 0.15) is 11.4 Å². The number of aryl methyl sites for hydroxylation is 2. The molecule has 0 spiro atoms. The summed E-state index contributed by atoms with van der Waals surface area (Å²) in [5.74, 6) is 1.42. The van der Waals surface area contributed by atoms with Crippen LogP contribution < -0.4 is 0 Å². The van der Waals surface area contributed by atoms with Crippen molar-refractivity contribution in [2.75, 3.05) is 18.2 Å². The Bertz CT molecular complexity index is 501. The van der Waals surface area contributed by atoms with E-state index in [2.05, 4.69) is 5.10 Å². The maximum Gasteiger partial charge on any atom is 0.247 e. The van der Waals surface area contributed by atoms with Crippen molar-refractivity contribution >= 4 is 21.8 Å². The van der Waals surface area contributed by atoms with Crippen LogP contribution in [0.5, 0.6) is 0 Å². The van der Waals surface area contributed by atoms with Crippen LogP contribution >= 0.6 is 11.8 Å². The second-order valence-corrected chi connectivity index (χ2v) is 6.79. The molecule has 1 fully saturated rings. The SMILES string of the molecule is Cc1nn(C)c(C)c1S(=O)(=O)N1CCSC1. The molecule has 1 aromatic rings. The summed E-state index contributed by atoms with van der Waals surface area (Å²) in [6, 6.07) is 0. The summed E-state index contributed by atoms with van der Waals surface area (Å²) in [5, 5.41) is 4.15. The smallest absolute Gasteiger partial charge is 0.247 e. The van der Waals surface area contributed by atoms with E-state index in [4.69, 9.17) is 0 Å². The van der Waals surface area contributed by atoms with Crippen LogP contribution in [0.2, 0.25) is 0 Å². The van der Waals surface area contributed by atoms with Gasteiger partial charge >= 0.3 is 0 Å². The van der Waals surface area contributed by atoms with Crippen LogP contribution in [0.3, 0.4) is 0 Å². The van der Waals surface area contributed by atoms with Crippen molar-refractivity contribution < 1.29 is 8.42 Å². The van der Waals surface area contributed by atoms with Gasteiger partial charge in [-0.2, -0.15) is 9.40 Å². The molecule has 1 aliphatic rings. The van der Waals surface area contributed by atoms with Crippen LogP contribution in [-0.2, 0) is 17.1 Å². The largest absolute Gasteiger partial charge is 0.271 e. The molecule has 90 valence electrons. The molecule has 0 aromatic carbocycles. The molecule has 0 unspecified atom stereocenters. The Kier molecular flexibility index (Phi) is 3.02. The molecule has 0 bridgehead atoms. The predicted octanol–water partition coefficient (Wildman–Crippen LogP) is 0.732. The number of nitrogens with zero attached hydrogens (tertiary/aromatic N) is 3. The van der Waals surface area contributed by atoms with Gasteiger partial charge in [0.25, 0.3) is 0 Å². The van der Waals surface area contributed by atoms with E-state index in [-0.39, 0.29) is 0 Å². The lowest BCUT2D eigenvalue weighted by atomic mass is 10.4. The summed E-state index contributed by atoms with van der Waals surface area (Å²) < 4.78 is 27.8. The maximum atomic E-state index is 12.3. The zero-order valence-electron chi connectivity index (χ0n) is 9.60. The number of sulfonamides is 1. The van der Waals surface area contributed by atoms with Crippen LogP contribution in [0.25, 0.3) is 0 Å². The number of thioether (sulfide) groups is 1. The second kappa shape index (κ2) is 4.05. The van der Waals surface area contributed by atoms with E-state index in [1.165, 1.54) is 4.31 Å². The highest BCUT2D eigenvalue weighted by atomic mass is 32.2. The highest BCUT2D eigenvalue weighted by Crippen LogP contribution is 2.27. The molecular weight excluding hydrogens is 246 g/mol. The summed E-state index contributed by atoms with van der Waals surface area (Å²) in [7, 11) is -1.59. The average molecular weight is 261 g/mol. The lowest BCUT2D eigenvalue weighted by Crippen LogP contribution is -2.28. The lowest BCUT2D eigenvalue weighted by molar-refractivity contribution is 0.488. The molecule has 1 aliphatic heterocycles. The first-order valence-corrected chi connectivity index (χ1v) is 7.62. The first kappa shape index (κ1) is 11.9. The Morgan fingerprint density at radius 2 is 2.06 bits per heavy atom. The molecule has 1 aromatic heterocycles. The molecule has 0 N–H and O–H groups in total. The summed E-state index contributed by atoms with van der Waals surface area (Å²) in [6.07, 6.45) is 0.